The molecule has 35 heavy (non-hydrogen) atoms. The summed E-state index contributed by atoms with van der Waals surface area (Å²) in [7, 11) is 3.05. The third-order valence-electron chi connectivity index (χ3n) is 5.83. The zero-order chi connectivity index (χ0) is 25.5. The van der Waals surface area contributed by atoms with Crippen LogP contribution in [0.1, 0.15) is 45.4 Å². The van der Waals surface area contributed by atoms with E-state index in [1.165, 1.54) is 12.7 Å². The number of hydrogen-bond acceptors (Lipinski definition) is 5. The molecular formula is C27H35N5O3. The van der Waals surface area contributed by atoms with Crippen molar-refractivity contribution in [3.8, 4) is 11.5 Å². The number of benzene rings is 2. The molecule has 1 amide bonds. The third kappa shape index (κ3) is 6.20. The van der Waals surface area contributed by atoms with Crippen molar-refractivity contribution in [2.24, 2.45) is 4.99 Å². The smallest absolute Gasteiger partial charge is 0.261 e. The predicted molar refractivity (Wildman–Crippen MR) is 140 cm³/mol. The molecule has 2 aromatic carbocycles. The van der Waals surface area contributed by atoms with Crippen LogP contribution in [0.25, 0.3) is 0 Å². The normalized spacial score (nSPS) is 11.3. The summed E-state index contributed by atoms with van der Waals surface area (Å²) in [5.41, 5.74) is 6.78. The minimum atomic E-state index is -0.345. The highest BCUT2D eigenvalue weighted by molar-refractivity contribution is 6.11. The Balaban J connectivity index is 1.88. The van der Waals surface area contributed by atoms with Crippen molar-refractivity contribution in [1.82, 2.24) is 15.1 Å². The monoisotopic (exact) mass is 477 g/mol. The third-order valence-corrected chi connectivity index (χ3v) is 5.83. The number of aliphatic imine (C=N–C) groups is 1. The number of hydrogen-bond donors (Lipinski definition) is 2. The van der Waals surface area contributed by atoms with Crippen LogP contribution in [0.3, 0.4) is 0 Å². The quantitative estimate of drug-likeness (QED) is 0.366. The zero-order valence-electron chi connectivity index (χ0n) is 21.7. The molecule has 0 aliphatic rings. The summed E-state index contributed by atoms with van der Waals surface area (Å²) in [5.74, 6) is 0.877. The summed E-state index contributed by atoms with van der Waals surface area (Å²) >= 11 is 0. The van der Waals surface area contributed by atoms with Crippen LogP contribution in [-0.4, -0.2) is 42.4 Å². The molecule has 0 saturated heterocycles. The van der Waals surface area contributed by atoms with Gasteiger partial charge in [-0.05, 0) is 82.0 Å². The summed E-state index contributed by atoms with van der Waals surface area (Å²) in [6.07, 6.45) is 0.716. The first-order chi connectivity index (χ1) is 16.8. The van der Waals surface area contributed by atoms with Crippen molar-refractivity contribution in [2.75, 3.05) is 26.1 Å². The molecule has 0 atom stereocenters. The molecule has 1 aromatic heterocycles. The zero-order valence-corrected chi connectivity index (χ0v) is 21.7. The molecule has 2 N–H and O–H groups in total. The van der Waals surface area contributed by atoms with Crippen molar-refractivity contribution in [3.05, 3.63) is 70.0 Å². The Morgan fingerprint density at radius 1 is 1.06 bits per heavy atom. The minimum absolute atomic E-state index is 0.345. The van der Waals surface area contributed by atoms with Crippen LogP contribution in [0, 0.1) is 27.7 Å². The Labute approximate surface area is 207 Å². The van der Waals surface area contributed by atoms with Crippen molar-refractivity contribution < 1.29 is 14.3 Å². The Morgan fingerprint density at radius 3 is 2.37 bits per heavy atom. The van der Waals surface area contributed by atoms with Gasteiger partial charge in [0.25, 0.3) is 5.91 Å². The van der Waals surface area contributed by atoms with E-state index in [9.17, 15) is 4.79 Å². The molecule has 3 aromatic rings. The van der Waals surface area contributed by atoms with Gasteiger partial charge in [0.1, 0.15) is 0 Å². The lowest BCUT2D eigenvalue weighted by Crippen LogP contribution is -2.36. The summed E-state index contributed by atoms with van der Waals surface area (Å²) in [6, 6.07) is 11.3. The average Bonchev–Trinajstić information content (AvgIpc) is 3.10. The van der Waals surface area contributed by atoms with E-state index in [1.807, 2.05) is 37.6 Å². The van der Waals surface area contributed by atoms with Gasteiger partial charge < -0.3 is 14.8 Å². The van der Waals surface area contributed by atoms with Gasteiger partial charge in [-0.1, -0.05) is 12.1 Å². The van der Waals surface area contributed by atoms with Gasteiger partial charge >= 0.3 is 0 Å². The highest BCUT2D eigenvalue weighted by Gasteiger charge is 2.18. The molecular weight excluding hydrogens is 442 g/mol. The molecule has 8 heteroatoms. The fraction of sp³-hybridized carbons (Fsp3) is 0.370. The maximum Gasteiger partial charge on any atom is 0.261 e. The number of methoxy groups -OCH3 is 2. The van der Waals surface area contributed by atoms with Gasteiger partial charge in [-0.15, -0.1) is 0 Å². The molecule has 0 spiro atoms. The molecule has 3 rings (SSSR count). The Kier molecular flexibility index (Phi) is 8.52. The van der Waals surface area contributed by atoms with Gasteiger partial charge in [-0.3, -0.25) is 19.8 Å². The second-order valence-electron chi connectivity index (χ2n) is 8.44. The minimum Gasteiger partial charge on any atom is -0.493 e. The van der Waals surface area contributed by atoms with E-state index in [0.717, 1.165) is 34.7 Å². The van der Waals surface area contributed by atoms with Crippen LogP contribution in [-0.2, 0) is 13.0 Å². The van der Waals surface area contributed by atoms with Crippen molar-refractivity contribution in [3.63, 3.8) is 0 Å². The Bertz CT molecular complexity index is 1210. The van der Waals surface area contributed by atoms with E-state index in [1.54, 1.807) is 25.3 Å². The van der Waals surface area contributed by atoms with Crippen molar-refractivity contribution in [2.45, 2.75) is 47.6 Å². The predicted octanol–water partition coefficient (Wildman–Crippen LogP) is 4.59. The molecule has 0 bridgehead atoms. The Hall–Kier alpha value is -3.81. The van der Waals surface area contributed by atoms with E-state index in [0.29, 0.717) is 36.0 Å². The second-order valence-corrected chi connectivity index (χ2v) is 8.44. The van der Waals surface area contributed by atoms with E-state index in [-0.39, 0.29) is 5.91 Å². The van der Waals surface area contributed by atoms with Crippen LogP contribution in [0.5, 0.6) is 11.5 Å². The number of guanidine groups is 1. The molecule has 0 fully saturated rings. The molecule has 8 nitrogen and oxygen atoms in total. The number of carbonyl (C=O) groups excluding carboxylic acids is 1. The Morgan fingerprint density at radius 2 is 1.77 bits per heavy atom. The van der Waals surface area contributed by atoms with Crippen LogP contribution >= 0.6 is 0 Å². The lowest BCUT2D eigenvalue weighted by Gasteiger charge is -2.15. The summed E-state index contributed by atoms with van der Waals surface area (Å²) in [4.78, 5) is 17.9. The highest BCUT2D eigenvalue weighted by atomic mass is 16.5. The van der Waals surface area contributed by atoms with E-state index >= 15 is 0 Å². The number of carbonyl (C=O) groups is 1. The lowest BCUT2D eigenvalue weighted by molar-refractivity contribution is 0.0973. The topological polar surface area (TPSA) is 89.8 Å². The fourth-order valence-electron chi connectivity index (χ4n) is 4.22. The molecule has 0 unspecified atom stereocenters. The molecule has 0 radical (unpaired) electrons. The number of aryl methyl sites for hydroxylation is 4. The van der Waals surface area contributed by atoms with Gasteiger partial charge in [0.2, 0.25) is 5.96 Å². The summed E-state index contributed by atoms with van der Waals surface area (Å²) < 4.78 is 12.8. The second kappa shape index (κ2) is 11.6. The van der Waals surface area contributed by atoms with Crippen molar-refractivity contribution in [1.29, 1.82) is 0 Å². The molecule has 0 saturated carbocycles. The van der Waals surface area contributed by atoms with E-state index in [2.05, 4.69) is 35.6 Å². The number of ether oxygens (including phenoxy) is 2. The van der Waals surface area contributed by atoms with Crippen molar-refractivity contribution >= 4 is 17.6 Å². The standard InChI is InChI=1S/C27H35N5O3/c1-8-32-20(5)22(19(4)31-32)12-13-28-27(29-21-15-17(2)14-18(3)16-21)30-26(33)23-10-9-11-24(34-6)25(23)35-7/h9-11,14-16H,8,12-13H2,1-7H3,(H2,28,29,30,33). The van der Waals surface area contributed by atoms with Gasteiger partial charge in [0.05, 0.1) is 25.5 Å². The van der Waals surface area contributed by atoms with Gasteiger partial charge in [0.15, 0.2) is 11.5 Å². The highest BCUT2D eigenvalue weighted by Crippen LogP contribution is 2.30. The SMILES string of the molecule is CCn1nc(C)c(CCN=C(NC(=O)c2cccc(OC)c2OC)Nc2cc(C)cc(C)c2)c1C. The van der Waals surface area contributed by atoms with E-state index in [4.69, 9.17) is 14.5 Å². The van der Waals surface area contributed by atoms with E-state index < -0.39 is 0 Å². The number of para-hydroxylation sites is 1. The number of nitrogens with zero attached hydrogens (tertiary/aromatic N) is 3. The molecule has 0 aliphatic carbocycles. The summed E-state index contributed by atoms with van der Waals surface area (Å²) in [6.45, 7) is 11.6. The number of aromatic nitrogens is 2. The first kappa shape index (κ1) is 25.8. The maximum absolute atomic E-state index is 13.2. The fourth-order valence-corrected chi connectivity index (χ4v) is 4.22. The first-order valence-electron chi connectivity index (χ1n) is 11.7. The van der Waals surface area contributed by atoms with Gasteiger partial charge in [0, 0.05) is 24.5 Å². The number of nitrogens with one attached hydrogen (secondary N) is 2. The maximum atomic E-state index is 13.2. The molecule has 186 valence electrons. The van der Waals surface area contributed by atoms with Crippen LogP contribution in [0.15, 0.2) is 41.4 Å². The number of anilines is 1. The largest absolute Gasteiger partial charge is 0.493 e. The molecule has 0 aliphatic heterocycles. The van der Waals surface area contributed by atoms with Crippen LogP contribution < -0.4 is 20.1 Å². The number of rotatable bonds is 8. The summed E-state index contributed by atoms with van der Waals surface area (Å²) in [5, 5.41) is 10.8. The molecule has 1 heterocycles. The first-order valence-corrected chi connectivity index (χ1v) is 11.7. The van der Waals surface area contributed by atoms with Crippen LogP contribution in [0.2, 0.25) is 0 Å². The number of amides is 1. The van der Waals surface area contributed by atoms with Gasteiger partial charge in [-0.2, -0.15) is 5.10 Å². The van der Waals surface area contributed by atoms with Crippen LogP contribution in [0.4, 0.5) is 5.69 Å². The van der Waals surface area contributed by atoms with Gasteiger partial charge in [-0.25, -0.2) is 0 Å². The lowest BCUT2D eigenvalue weighted by atomic mass is 10.1. The average molecular weight is 478 g/mol.